The maximum atomic E-state index is 12.0. The van der Waals surface area contributed by atoms with Gasteiger partial charge in [0.05, 0.1) is 0 Å². The van der Waals surface area contributed by atoms with E-state index in [4.69, 9.17) is 4.74 Å². The molecule has 18 heavy (non-hydrogen) atoms. The molecule has 0 aromatic heterocycles. The number of amides is 1. The van der Waals surface area contributed by atoms with Gasteiger partial charge in [-0.2, -0.15) is 0 Å². The minimum atomic E-state index is 0.105. The first-order chi connectivity index (χ1) is 8.75. The predicted octanol–water partition coefficient (Wildman–Crippen LogP) is 2.71. The third-order valence-electron chi connectivity index (χ3n) is 3.47. The molecular formula is C15H21NO2. The highest BCUT2D eigenvalue weighted by Crippen LogP contribution is 2.16. The molecule has 0 saturated carbocycles. The fourth-order valence-corrected chi connectivity index (χ4v) is 2.27. The van der Waals surface area contributed by atoms with Crippen molar-refractivity contribution >= 4 is 5.91 Å². The minimum absolute atomic E-state index is 0.105. The Morgan fingerprint density at radius 3 is 2.83 bits per heavy atom. The van der Waals surface area contributed by atoms with E-state index in [1.54, 1.807) is 0 Å². The van der Waals surface area contributed by atoms with Gasteiger partial charge in [-0.05, 0) is 37.3 Å². The minimum Gasteiger partial charge on any atom is -0.484 e. The molecule has 0 radical (unpaired) electrons. The number of likely N-dealkylation sites (tertiary alicyclic amines) is 1. The molecule has 3 heteroatoms. The van der Waals surface area contributed by atoms with Gasteiger partial charge in [0, 0.05) is 13.1 Å². The number of rotatable bonds is 3. The molecule has 0 spiro atoms. The quantitative estimate of drug-likeness (QED) is 0.822. The van der Waals surface area contributed by atoms with Crippen molar-refractivity contribution in [1.29, 1.82) is 0 Å². The fraction of sp³-hybridized carbons (Fsp3) is 0.533. The van der Waals surface area contributed by atoms with Crippen LogP contribution in [0, 0.1) is 5.92 Å². The molecule has 2 rings (SSSR count). The molecule has 1 aliphatic heterocycles. The lowest BCUT2D eigenvalue weighted by atomic mass is 10.0. The number of para-hydroxylation sites is 1. The topological polar surface area (TPSA) is 29.5 Å². The van der Waals surface area contributed by atoms with Crippen LogP contribution in [-0.4, -0.2) is 30.5 Å². The molecule has 1 unspecified atom stereocenters. The number of nitrogens with zero attached hydrogens (tertiary/aromatic N) is 1. The van der Waals surface area contributed by atoms with Crippen LogP contribution < -0.4 is 4.74 Å². The fourth-order valence-electron chi connectivity index (χ4n) is 2.27. The summed E-state index contributed by atoms with van der Waals surface area (Å²) < 4.78 is 5.50. The van der Waals surface area contributed by atoms with Crippen molar-refractivity contribution in [2.45, 2.75) is 26.2 Å². The number of hydrogen-bond donors (Lipinski definition) is 0. The Hall–Kier alpha value is -1.51. The first-order valence-corrected chi connectivity index (χ1v) is 6.71. The largest absolute Gasteiger partial charge is 0.484 e. The van der Waals surface area contributed by atoms with Crippen molar-refractivity contribution in [2.24, 2.45) is 5.92 Å². The summed E-state index contributed by atoms with van der Waals surface area (Å²) in [5.41, 5.74) is 0. The zero-order valence-electron chi connectivity index (χ0n) is 11.0. The van der Waals surface area contributed by atoms with Crippen LogP contribution in [0.15, 0.2) is 30.3 Å². The normalized spacial score (nSPS) is 20.3. The zero-order valence-corrected chi connectivity index (χ0v) is 11.0. The van der Waals surface area contributed by atoms with Gasteiger partial charge in [0.25, 0.3) is 5.91 Å². The predicted molar refractivity (Wildman–Crippen MR) is 71.5 cm³/mol. The number of carbonyl (C=O) groups excluding carboxylic acids is 1. The third kappa shape index (κ3) is 3.76. The highest BCUT2D eigenvalue weighted by atomic mass is 16.5. The van der Waals surface area contributed by atoms with Gasteiger partial charge in [0.2, 0.25) is 0 Å². The zero-order chi connectivity index (χ0) is 12.8. The summed E-state index contributed by atoms with van der Waals surface area (Å²) >= 11 is 0. The molecule has 1 aromatic carbocycles. The second-order valence-corrected chi connectivity index (χ2v) is 5.02. The van der Waals surface area contributed by atoms with Crippen LogP contribution >= 0.6 is 0 Å². The summed E-state index contributed by atoms with van der Waals surface area (Å²) in [7, 11) is 0. The van der Waals surface area contributed by atoms with Gasteiger partial charge in [-0.1, -0.05) is 25.1 Å². The van der Waals surface area contributed by atoms with E-state index in [9.17, 15) is 4.79 Å². The summed E-state index contributed by atoms with van der Waals surface area (Å²) in [6, 6.07) is 9.50. The molecule has 0 bridgehead atoms. The van der Waals surface area contributed by atoms with Gasteiger partial charge in [-0.25, -0.2) is 0 Å². The second-order valence-electron chi connectivity index (χ2n) is 5.02. The van der Waals surface area contributed by atoms with Gasteiger partial charge in [0.15, 0.2) is 6.61 Å². The van der Waals surface area contributed by atoms with Crippen molar-refractivity contribution in [3.05, 3.63) is 30.3 Å². The lowest BCUT2D eigenvalue weighted by molar-refractivity contribution is -0.133. The molecule has 1 amide bonds. The molecular weight excluding hydrogens is 226 g/mol. The summed E-state index contributed by atoms with van der Waals surface area (Å²) in [5, 5.41) is 0. The smallest absolute Gasteiger partial charge is 0.260 e. The Morgan fingerprint density at radius 2 is 2.06 bits per heavy atom. The van der Waals surface area contributed by atoms with Crippen LogP contribution in [0.4, 0.5) is 0 Å². The lowest BCUT2D eigenvalue weighted by Gasteiger charge is -2.20. The van der Waals surface area contributed by atoms with Crippen LogP contribution in [0.25, 0.3) is 0 Å². The van der Waals surface area contributed by atoms with Crippen molar-refractivity contribution in [3.8, 4) is 5.75 Å². The highest BCUT2D eigenvalue weighted by Gasteiger charge is 2.18. The summed E-state index contributed by atoms with van der Waals surface area (Å²) in [4.78, 5) is 14.0. The number of carbonyl (C=O) groups is 1. The summed E-state index contributed by atoms with van der Waals surface area (Å²) in [5.74, 6) is 1.60. The molecule has 1 saturated heterocycles. The molecule has 1 fully saturated rings. The first kappa shape index (κ1) is 12.9. The highest BCUT2D eigenvalue weighted by molar-refractivity contribution is 5.77. The van der Waals surface area contributed by atoms with E-state index < -0.39 is 0 Å². The van der Waals surface area contributed by atoms with E-state index in [2.05, 4.69) is 6.92 Å². The molecule has 1 aromatic rings. The van der Waals surface area contributed by atoms with Crippen molar-refractivity contribution in [2.75, 3.05) is 19.7 Å². The summed E-state index contributed by atoms with van der Waals surface area (Å²) in [6.45, 7) is 4.16. The lowest BCUT2D eigenvalue weighted by Crippen LogP contribution is -2.35. The third-order valence-corrected chi connectivity index (χ3v) is 3.47. The Morgan fingerprint density at radius 1 is 1.28 bits per heavy atom. The second kappa shape index (κ2) is 6.43. The van der Waals surface area contributed by atoms with E-state index in [0.29, 0.717) is 0 Å². The van der Waals surface area contributed by atoms with Crippen molar-refractivity contribution < 1.29 is 9.53 Å². The molecule has 0 N–H and O–H groups in total. The average molecular weight is 247 g/mol. The molecule has 3 nitrogen and oxygen atoms in total. The van der Waals surface area contributed by atoms with E-state index >= 15 is 0 Å². The number of benzene rings is 1. The van der Waals surface area contributed by atoms with Gasteiger partial charge in [-0.15, -0.1) is 0 Å². The maximum Gasteiger partial charge on any atom is 0.260 e. The molecule has 98 valence electrons. The number of ether oxygens (including phenoxy) is 1. The van der Waals surface area contributed by atoms with Gasteiger partial charge in [0.1, 0.15) is 5.75 Å². The van der Waals surface area contributed by atoms with Gasteiger partial charge >= 0.3 is 0 Å². The Labute approximate surface area is 109 Å². The SMILES string of the molecule is CC1CCCN(C(=O)COc2ccccc2)CC1. The van der Waals surface area contributed by atoms with E-state index in [1.807, 2.05) is 35.2 Å². The molecule has 1 heterocycles. The van der Waals surface area contributed by atoms with Crippen molar-refractivity contribution in [1.82, 2.24) is 4.90 Å². The summed E-state index contributed by atoms with van der Waals surface area (Å²) in [6.07, 6.45) is 3.44. The van der Waals surface area contributed by atoms with Crippen molar-refractivity contribution in [3.63, 3.8) is 0 Å². The Bertz CT molecular complexity index is 377. The molecule has 1 atom stereocenters. The van der Waals surface area contributed by atoms with Crippen LogP contribution in [-0.2, 0) is 4.79 Å². The van der Waals surface area contributed by atoms with Crippen LogP contribution in [0.5, 0.6) is 5.75 Å². The van der Waals surface area contributed by atoms with Crippen LogP contribution in [0.2, 0.25) is 0 Å². The standard InChI is InChI=1S/C15H21NO2/c1-13-6-5-10-16(11-9-13)15(17)12-18-14-7-3-2-4-8-14/h2-4,7-8,13H,5-6,9-12H2,1H3. The Kier molecular flexibility index (Phi) is 4.62. The Balaban J connectivity index is 1.80. The van der Waals surface area contributed by atoms with Crippen LogP contribution in [0.3, 0.4) is 0 Å². The molecule has 1 aliphatic rings. The maximum absolute atomic E-state index is 12.0. The van der Waals surface area contributed by atoms with Gasteiger partial charge < -0.3 is 9.64 Å². The first-order valence-electron chi connectivity index (χ1n) is 6.71. The number of hydrogen-bond acceptors (Lipinski definition) is 2. The van der Waals surface area contributed by atoms with E-state index in [-0.39, 0.29) is 12.5 Å². The molecule has 0 aliphatic carbocycles. The average Bonchev–Trinajstić information content (AvgIpc) is 2.62. The van der Waals surface area contributed by atoms with E-state index in [1.165, 1.54) is 6.42 Å². The van der Waals surface area contributed by atoms with Gasteiger partial charge in [-0.3, -0.25) is 4.79 Å². The van der Waals surface area contributed by atoms with Crippen LogP contribution in [0.1, 0.15) is 26.2 Å². The monoisotopic (exact) mass is 247 g/mol. The van der Waals surface area contributed by atoms with E-state index in [0.717, 1.165) is 37.6 Å².